The van der Waals surface area contributed by atoms with E-state index in [2.05, 4.69) is 37.3 Å². The molecule has 0 N–H and O–H groups in total. The van der Waals surface area contributed by atoms with Gasteiger partial charge in [-0.05, 0) is 30.2 Å². The van der Waals surface area contributed by atoms with E-state index in [4.69, 9.17) is 4.42 Å². The van der Waals surface area contributed by atoms with E-state index in [0.29, 0.717) is 0 Å². The van der Waals surface area contributed by atoms with Crippen LogP contribution in [0.2, 0.25) is 0 Å². The van der Waals surface area contributed by atoms with Crippen molar-refractivity contribution in [3.8, 4) is 0 Å². The maximum absolute atomic E-state index is 5.75. The van der Waals surface area contributed by atoms with Gasteiger partial charge in [0, 0.05) is 10.8 Å². The van der Waals surface area contributed by atoms with Gasteiger partial charge in [0.15, 0.2) is 0 Å². The molecular weight excluding hydrogens is 232 g/mol. The third-order valence-electron chi connectivity index (χ3n) is 2.85. The molecule has 3 rings (SSSR count). The van der Waals surface area contributed by atoms with Crippen molar-refractivity contribution in [3.05, 3.63) is 48.0 Å². The first-order chi connectivity index (χ1) is 9.38. The summed E-state index contributed by atoms with van der Waals surface area (Å²) in [4.78, 5) is 0. The van der Waals surface area contributed by atoms with Crippen molar-refractivity contribution in [3.63, 3.8) is 0 Å². The van der Waals surface area contributed by atoms with Gasteiger partial charge in [0.25, 0.3) is 0 Å². The van der Waals surface area contributed by atoms with Crippen LogP contribution in [0.1, 0.15) is 40.2 Å². The minimum Gasteiger partial charge on any atom is -0.456 e. The lowest BCUT2D eigenvalue weighted by molar-refractivity contribution is 0.669. The standard InChI is InChI=1S/C14H12O.2C2H6/c1-2-10-7-8-14-12(9-10)11-5-3-4-6-13(11)15-14;2*1-2/h3-9H,2H2,1H3;2*1-2H3. The van der Waals surface area contributed by atoms with Crippen LogP contribution in [0.25, 0.3) is 21.9 Å². The number of hydrogen-bond donors (Lipinski definition) is 0. The maximum atomic E-state index is 5.75. The highest BCUT2D eigenvalue weighted by molar-refractivity contribution is 6.04. The molecule has 0 unspecified atom stereocenters. The highest BCUT2D eigenvalue weighted by Gasteiger charge is 2.05. The zero-order chi connectivity index (χ0) is 14.3. The zero-order valence-corrected chi connectivity index (χ0v) is 12.7. The van der Waals surface area contributed by atoms with Gasteiger partial charge >= 0.3 is 0 Å². The van der Waals surface area contributed by atoms with Crippen molar-refractivity contribution in [2.24, 2.45) is 0 Å². The van der Waals surface area contributed by atoms with Gasteiger partial charge < -0.3 is 4.42 Å². The van der Waals surface area contributed by atoms with Gasteiger partial charge in [0.2, 0.25) is 0 Å². The third kappa shape index (κ3) is 3.17. The van der Waals surface area contributed by atoms with Crippen LogP contribution in [0.15, 0.2) is 46.9 Å². The van der Waals surface area contributed by atoms with Crippen LogP contribution in [-0.4, -0.2) is 0 Å². The van der Waals surface area contributed by atoms with E-state index >= 15 is 0 Å². The first kappa shape index (κ1) is 15.3. The summed E-state index contributed by atoms with van der Waals surface area (Å²) in [6.07, 6.45) is 1.06. The number of furan rings is 1. The highest BCUT2D eigenvalue weighted by Crippen LogP contribution is 2.29. The second kappa shape index (κ2) is 7.63. The predicted octanol–water partition coefficient (Wildman–Crippen LogP) is 6.20. The van der Waals surface area contributed by atoms with Gasteiger partial charge in [0.05, 0.1) is 0 Å². The SMILES string of the molecule is CC.CC.CCc1ccc2oc3ccccc3c2c1. The van der Waals surface area contributed by atoms with Crippen LogP contribution in [0.3, 0.4) is 0 Å². The van der Waals surface area contributed by atoms with E-state index < -0.39 is 0 Å². The third-order valence-corrected chi connectivity index (χ3v) is 2.85. The fourth-order valence-electron chi connectivity index (χ4n) is 1.99. The molecule has 0 aliphatic carbocycles. The monoisotopic (exact) mass is 256 g/mol. The average molecular weight is 256 g/mol. The van der Waals surface area contributed by atoms with Crippen molar-refractivity contribution >= 4 is 21.9 Å². The molecule has 19 heavy (non-hydrogen) atoms. The second-order valence-corrected chi connectivity index (χ2v) is 3.78. The molecule has 0 spiro atoms. The summed E-state index contributed by atoms with van der Waals surface area (Å²) in [5.74, 6) is 0. The highest BCUT2D eigenvalue weighted by atomic mass is 16.3. The largest absolute Gasteiger partial charge is 0.456 e. The quantitative estimate of drug-likeness (QED) is 0.505. The molecule has 1 aromatic heterocycles. The Labute approximate surface area is 116 Å². The molecule has 1 heterocycles. The summed E-state index contributed by atoms with van der Waals surface area (Å²) < 4.78 is 5.75. The summed E-state index contributed by atoms with van der Waals surface area (Å²) in [6.45, 7) is 10.2. The molecule has 0 saturated heterocycles. The summed E-state index contributed by atoms with van der Waals surface area (Å²) in [5, 5.41) is 2.44. The van der Waals surface area contributed by atoms with E-state index in [1.54, 1.807) is 0 Å². The van der Waals surface area contributed by atoms with Crippen LogP contribution in [0.5, 0.6) is 0 Å². The molecule has 0 amide bonds. The van der Waals surface area contributed by atoms with Crippen LogP contribution in [0.4, 0.5) is 0 Å². The summed E-state index contributed by atoms with van der Waals surface area (Å²) in [6, 6.07) is 14.6. The van der Waals surface area contributed by atoms with Gasteiger partial charge in [0.1, 0.15) is 11.2 Å². The van der Waals surface area contributed by atoms with Crippen LogP contribution in [0, 0.1) is 0 Å². The van der Waals surface area contributed by atoms with Crippen LogP contribution >= 0.6 is 0 Å². The number of fused-ring (bicyclic) bond motifs is 3. The first-order valence-electron chi connectivity index (χ1n) is 7.28. The van der Waals surface area contributed by atoms with E-state index in [-0.39, 0.29) is 0 Å². The number of aryl methyl sites for hydroxylation is 1. The number of benzene rings is 2. The average Bonchev–Trinajstić information content (AvgIpc) is 2.89. The molecule has 0 aliphatic rings. The maximum Gasteiger partial charge on any atom is 0.135 e. The minimum atomic E-state index is 0.973. The van der Waals surface area contributed by atoms with E-state index in [0.717, 1.165) is 17.6 Å². The molecular formula is C18H24O. The molecule has 1 heteroatoms. The Kier molecular flexibility index (Phi) is 6.14. The van der Waals surface area contributed by atoms with E-state index in [1.807, 2.05) is 39.8 Å². The summed E-state index contributed by atoms with van der Waals surface area (Å²) in [7, 11) is 0. The van der Waals surface area contributed by atoms with E-state index in [1.165, 1.54) is 16.3 Å². The molecule has 0 aliphatic heterocycles. The molecule has 0 radical (unpaired) electrons. The lowest BCUT2D eigenvalue weighted by atomic mass is 10.1. The van der Waals surface area contributed by atoms with Gasteiger partial charge in [-0.2, -0.15) is 0 Å². The van der Waals surface area contributed by atoms with Gasteiger partial charge in [-0.3, -0.25) is 0 Å². The Balaban J connectivity index is 0.000000415. The molecule has 0 saturated carbocycles. The van der Waals surface area contributed by atoms with Gasteiger partial charge in [-0.15, -0.1) is 0 Å². The van der Waals surface area contributed by atoms with Crippen molar-refractivity contribution in [2.45, 2.75) is 41.0 Å². The molecule has 0 atom stereocenters. The van der Waals surface area contributed by atoms with E-state index in [9.17, 15) is 0 Å². The Morgan fingerprint density at radius 2 is 1.42 bits per heavy atom. The number of para-hydroxylation sites is 1. The molecule has 1 nitrogen and oxygen atoms in total. The molecule has 0 fully saturated rings. The normalized spacial score (nSPS) is 9.53. The Bertz CT molecular complexity index is 620. The summed E-state index contributed by atoms with van der Waals surface area (Å²) >= 11 is 0. The molecule has 3 aromatic rings. The molecule has 102 valence electrons. The van der Waals surface area contributed by atoms with Gasteiger partial charge in [-0.1, -0.05) is 58.9 Å². The topological polar surface area (TPSA) is 13.1 Å². The first-order valence-corrected chi connectivity index (χ1v) is 7.28. The minimum absolute atomic E-state index is 0.973. The lowest BCUT2D eigenvalue weighted by Crippen LogP contribution is -1.77. The number of hydrogen-bond acceptors (Lipinski definition) is 1. The fourth-order valence-corrected chi connectivity index (χ4v) is 1.99. The van der Waals surface area contributed by atoms with Crippen molar-refractivity contribution < 1.29 is 4.42 Å². The molecule has 0 bridgehead atoms. The fraction of sp³-hybridized carbons (Fsp3) is 0.333. The van der Waals surface area contributed by atoms with Crippen molar-refractivity contribution in [1.29, 1.82) is 0 Å². The van der Waals surface area contributed by atoms with Gasteiger partial charge in [-0.25, -0.2) is 0 Å². The van der Waals surface area contributed by atoms with Crippen LogP contribution < -0.4 is 0 Å². The van der Waals surface area contributed by atoms with Crippen molar-refractivity contribution in [1.82, 2.24) is 0 Å². The zero-order valence-electron chi connectivity index (χ0n) is 12.7. The lowest BCUT2D eigenvalue weighted by Gasteiger charge is -1.94. The second-order valence-electron chi connectivity index (χ2n) is 3.78. The molecule has 2 aromatic carbocycles. The smallest absolute Gasteiger partial charge is 0.135 e. The summed E-state index contributed by atoms with van der Waals surface area (Å²) in [5.41, 5.74) is 3.31. The van der Waals surface area contributed by atoms with Crippen LogP contribution in [-0.2, 0) is 6.42 Å². The number of rotatable bonds is 1. The van der Waals surface area contributed by atoms with Crippen molar-refractivity contribution in [2.75, 3.05) is 0 Å². The Hall–Kier alpha value is -1.76. The Morgan fingerprint density at radius 1 is 0.789 bits per heavy atom. The predicted molar refractivity (Wildman–Crippen MR) is 85.8 cm³/mol. The Morgan fingerprint density at radius 3 is 2.11 bits per heavy atom.